The van der Waals surface area contributed by atoms with E-state index in [1.807, 2.05) is 0 Å². The van der Waals surface area contributed by atoms with Crippen LogP contribution in [0.15, 0.2) is 12.1 Å². The van der Waals surface area contributed by atoms with Gasteiger partial charge in [0.2, 0.25) is 0 Å². The van der Waals surface area contributed by atoms with Gasteiger partial charge in [0.15, 0.2) is 23.2 Å². The van der Waals surface area contributed by atoms with Crippen molar-refractivity contribution in [3.63, 3.8) is 0 Å². The third-order valence-electron chi connectivity index (χ3n) is 6.82. The Balaban J connectivity index is 1.82. The molecule has 2 aliphatic rings. The molecule has 3 rings (SSSR count). The van der Waals surface area contributed by atoms with Crippen LogP contribution in [0.25, 0.3) is 0 Å². The summed E-state index contributed by atoms with van der Waals surface area (Å²) in [7, 11) is 0. The van der Waals surface area contributed by atoms with Crippen molar-refractivity contribution < 1.29 is 18.0 Å². The Bertz CT molecular complexity index is 620. The van der Waals surface area contributed by atoms with E-state index in [4.69, 9.17) is 0 Å². The summed E-state index contributed by atoms with van der Waals surface area (Å²) in [5.41, 5.74) is -0.00217. The van der Waals surface area contributed by atoms with Crippen molar-refractivity contribution in [2.45, 2.75) is 77.6 Å². The smallest absolute Gasteiger partial charge is 0.194 e. The van der Waals surface area contributed by atoms with Crippen LogP contribution < -0.4 is 0 Å². The van der Waals surface area contributed by atoms with Crippen LogP contribution >= 0.6 is 0 Å². The van der Waals surface area contributed by atoms with E-state index in [1.165, 1.54) is 19.3 Å². The molecule has 2 aliphatic carbocycles. The predicted octanol–water partition coefficient (Wildman–Crippen LogP) is 7.09. The standard InChI is InChI=1S/C23H31F3O/c1-2-6-15-9-11-17(12-10-15)21(16-7-4-3-5-8-16)23(27)18-13-19(24)22(26)20(25)14-18/h13-17,21H,2-12H2,1H3. The second kappa shape index (κ2) is 9.25. The second-order valence-electron chi connectivity index (χ2n) is 8.61. The molecule has 0 aliphatic heterocycles. The largest absolute Gasteiger partial charge is 0.294 e. The van der Waals surface area contributed by atoms with Gasteiger partial charge in [-0.3, -0.25) is 4.79 Å². The zero-order valence-corrected chi connectivity index (χ0v) is 16.3. The van der Waals surface area contributed by atoms with Crippen molar-refractivity contribution in [1.82, 2.24) is 0 Å². The Morgan fingerprint density at radius 1 is 0.926 bits per heavy atom. The number of halogens is 3. The van der Waals surface area contributed by atoms with Crippen molar-refractivity contribution in [3.05, 3.63) is 35.1 Å². The van der Waals surface area contributed by atoms with Gasteiger partial charge in [0.05, 0.1) is 0 Å². The van der Waals surface area contributed by atoms with E-state index in [-0.39, 0.29) is 29.1 Å². The minimum absolute atomic E-state index is 0.00217. The zero-order chi connectivity index (χ0) is 19.4. The lowest BCUT2D eigenvalue weighted by Crippen LogP contribution is -2.35. The van der Waals surface area contributed by atoms with E-state index < -0.39 is 17.5 Å². The summed E-state index contributed by atoms with van der Waals surface area (Å²) >= 11 is 0. The predicted molar refractivity (Wildman–Crippen MR) is 101 cm³/mol. The fraction of sp³-hybridized carbons (Fsp3) is 0.696. The summed E-state index contributed by atoms with van der Waals surface area (Å²) in [5, 5.41) is 0. The monoisotopic (exact) mass is 380 g/mol. The van der Waals surface area contributed by atoms with Gasteiger partial charge in [-0.15, -0.1) is 0 Å². The van der Waals surface area contributed by atoms with Crippen LogP contribution in [0.2, 0.25) is 0 Å². The maximum absolute atomic E-state index is 13.7. The van der Waals surface area contributed by atoms with Gasteiger partial charge in [0, 0.05) is 11.5 Å². The molecule has 0 spiro atoms. The summed E-state index contributed by atoms with van der Waals surface area (Å²) in [4.78, 5) is 13.3. The van der Waals surface area contributed by atoms with Gasteiger partial charge in [-0.25, -0.2) is 13.2 Å². The molecule has 1 nitrogen and oxygen atoms in total. The van der Waals surface area contributed by atoms with Gasteiger partial charge in [0.25, 0.3) is 0 Å². The number of rotatable bonds is 6. The number of benzene rings is 1. The van der Waals surface area contributed by atoms with Crippen molar-refractivity contribution in [2.24, 2.45) is 23.7 Å². The molecule has 1 atom stereocenters. The number of hydrogen-bond acceptors (Lipinski definition) is 1. The molecular weight excluding hydrogens is 349 g/mol. The fourth-order valence-electron chi connectivity index (χ4n) is 5.44. The summed E-state index contributed by atoms with van der Waals surface area (Å²) in [5.74, 6) is -3.09. The molecule has 1 aromatic rings. The molecular formula is C23H31F3O. The third-order valence-corrected chi connectivity index (χ3v) is 6.82. The topological polar surface area (TPSA) is 17.1 Å². The van der Waals surface area contributed by atoms with Crippen LogP contribution in [0.5, 0.6) is 0 Å². The molecule has 0 aromatic heterocycles. The normalized spacial score (nSPS) is 25.3. The van der Waals surface area contributed by atoms with Gasteiger partial charge in [0.1, 0.15) is 0 Å². The highest BCUT2D eigenvalue weighted by molar-refractivity contribution is 5.98. The van der Waals surface area contributed by atoms with E-state index in [1.54, 1.807) is 0 Å². The van der Waals surface area contributed by atoms with E-state index in [0.29, 0.717) is 0 Å². The Morgan fingerprint density at radius 2 is 1.48 bits per heavy atom. The zero-order valence-electron chi connectivity index (χ0n) is 16.3. The SMILES string of the molecule is CCCC1CCC(C(C(=O)c2cc(F)c(F)c(F)c2)C2CCCCC2)CC1. The molecule has 1 unspecified atom stereocenters. The van der Waals surface area contributed by atoms with E-state index in [2.05, 4.69) is 6.92 Å². The van der Waals surface area contributed by atoms with Crippen molar-refractivity contribution >= 4 is 5.78 Å². The lowest BCUT2D eigenvalue weighted by Gasteiger charge is -2.38. The highest BCUT2D eigenvalue weighted by Gasteiger charge is 2.38. The number of carbonyl (C=O) groups excluding carboxylic acids is 1. The molecule has 0 amide bonds. The molecule has 0 radical (unpaired) electrons. The number of Topliss-reactive ketones (excluding diaryl/α,β-unsaturated/α-hetero) is 1. The highest BCUT2D eigenvalue weighted by atomic mass is 19.2. The first-order valence-corrected chi connectivity index (χ1v) is 10.7. The first-order chi connectivity index (χ1) is 13.0. The average molecular weight is 380 g/mol. The minimum Gasteiger partial charge on any atom is -0.294 e. The van der Waals surface area contributed by atoms with E-state index in [0.717, 1.165) is 69.4 Å². The summed E-state index contributed by atoms with van der Waals surface area (Å²) in [6.07, 6.45) is 12.2. The fourth-order valence-corrected chi connectivity index (χ4v) is 5.44. The van der Waals surface area contributed by atoms with Crippen LogP contribution in [-0.2, 0) is 0 Å². The highest BCUT2D eigenvalue weighted by Crippen LogP contribution is 2.43. The lowest BCUT2D eigenvalue weighted by atomic mass is 9.65. The molecule has 0 bridgehead atoms. The Hall–Kier alpha value is -1.32. The molecule has 1 aromatic carbocycles. The van der Waals surface area contributed by atoms with Crippen LogP contribution in [0.4, 0.5) is 13.2 Å². The van der Waals surface area contributed by atoms with Crippen molar-refractivity contribution in [1.29, 1.82) is 0 Å². The summed E-state index contributed by atoms with van der Waals surface area (Å²) < 4.78 is 40.8. The molecule has 2 saturated carbocycles. The molecule has 0 heterocycles. The minimum atomic E-state index is -1.50. The molecule has 0 N–H and O–H groups in total. The van der Waals surface area contributed by atoms with Crippen molar-refractivity contribution in [2.75, 3.05) is 0 Å². The third kappa shape index (κ3) is 4.75. The first kappa shape index (κ1) is 20.4. The van der Waals surface area contributed by atoms with Crippen LogP contribution in [-0.4, -0.2) is 5.78 Å². The molecule has 4 heteroatoms. The summed E-state index contributed by atoms with van der Waals surface area (Å²) in [6, 6.07) is 1.78. The van der Waals surface area contributed by atoms with Gasteiger partial charge < -0.3 is 0 Å². The average Bonchev–Trinajstić information content (AvgIpc) is 2.68. The van der Waals surface area contributed by atoms with Crippen molar-refractivity contribution in [3.8, 4) is 0 Å². The maximum atomic E-state index is 13.7. The number of ketones is 1. The second-order valence-corrected chi connectivity index (χ2v) is 8.61. The number of hydrogen-bond donors (Lipinski definition) is 0. The van der Waals surface area contributed by atoms with Crippen LogP contribution in [0.1, 0.15) is 87.9 Å². The molecule has 0 saturated heterocycles. The summed E-state index contributed by atoms with van der Waals surface area (Å²) in [6.45, 7) is 2.21. The Labute approximate surface area is 160 Å². The van der Waals surface area contributed by atoms with E-state index in [9.17, 15) is 18.0 Å². The Morgan fingerprint density at radius 3 is 2.04 bits per heavy atom. The van der Waals surface area contributed by atoms with Gasteiger partial charge in [-0.05, 0) is 55.6 Å². The Kier molecular flexibility index (Phi) is 6.99. The quantitative estimate of drug-likeness (QED) is 0.380. The van der Waals surface area contributed by atoms with Gasteiger partial charge in [-0.2, -0.15) is 0 Å². The first-order valence-electron chi connectivity index (χ1n) is 10.7. The van der Waals surface area contributed by atoms with Gasteiger partial charge >= 0.3 is 0 Å². The molecule has 150 valence electrons. The number of carbonyl (C=O) groups is 1. The van der Waals surface area contributed by atoms with Crippen LogP contribution in [0, 0.1) is 41.1 Å². The molecule has 27 heavy (non-hydrogen) atoms. The lowest BCUT2D eigenvalue weighted by molar-refractivity contribution is 0.0678. The van der Waals surface area contributed by atoms with Gasteiger partial charge in [-0.1, -0.05) is 51.9 Å². The molecule has 2 fully saturated rings. The maximum Gasteiger partial charge on any atom is 0.194 e. The van der Waals surface area contributed by atoms with Crippen LogP contribution in [0.3, 0.4) is 0 Å². The van der Waals surface area contributed by atoms with E-state index >= 15 is 0 Å².